The molecule has 1 aromatic heterocycles. The van der Waals surface area contributed by atoms with E-state index in [1.54, 1.807) is 0 Å². The Bertz CT molecular complexity index is 778. The maximum Gasteiger partial charge on any atom is 0.252 e. The smallest absolute Gasteiger partial charge is 0.252 e. The summed E-state index contributed by atoms with van der Waals surface area (Å²) in [7, 11) is 0. The van der Waals surface area contributed by atoms with E-state index in [2.05, 4.69) is 17.1 Å². The van der Waals surface area contributed by atoms with E-state index in [9.17, 15) is 4.79 Å². The van der Waals surface area contributed by atoms with Gasteiger partial charge >= 0.3 is 0 Å². The summed E-state index contributed by atoms with van der Waals surface area (Å²) in [5, 5.41) is 4.24. The summed E-state index contributed by atoms with van der Waals surface area (Å²) in [5.41, 5.74) is 4.13. The van der Waals surface area contributed by atoms with Crippen LogP contribution in [0, 0.1) is 5.92 Å². The van der Waals surface area contributed by atoms with Crippen LogP contribution in [0.1, 0.15) is 47.8 Å². The Hall–Kier alpha value is -1.94. The lowest BCUT2D eigenvalue weighted by Gasteiger charge is -2.31. The minimum Gasteiger partial charge on any atom is -0.352 e. The predicted octanol–water partition coefficient (Wildman–Crippen LogP) is 3.19. The van der Waals surface area contributed by atoms with Gasteiger partial charge in [0.15, 0.2) is 0 Å². The van der Waals surface area contributed by atoms with E-state index in [1.165, 1.54) is 18.4 Å². The van der Waals surface area contributed by atoms with Gasteiger partial charge in [0.05, 0.1) is 11.1 Å². The third-order valence-corrected chi connectivity index (χ3v) is 5.85. The van der Waals surface area contributed by atoms with Crippen molar-refractivity contribution in [2.75, 3.05) is 26.2 Å². The summed E-state index contributed by atoms with van der Waals surface area (Å²) in [6, 6.07) is 8.06. The van der Waals surface area contributed by atoms with Gasteiger partial charge in [0, 0.05) is 17.6 Å². The Morgan fingerprint density at radius 2 is 2.04 bits per heavy atom. The Morgan fingerprint density at radius 3 is 2.84 bits per heavy atom. The highest BCUT2D eigenvalue weighted by atomic mass is 16.1. The van der Waals surface area contributed by atoms with Gasteiger partial charge in [-0.1, -0.05) is 25.1 Å². The third kappa shape index (κ3) is 3.28. The van der Waals surface area contributed by atoms with Gasteiger partial charge in [0.1, 0.15) is 0 Å². The molecule has 0 spiro atoms. The normalized spacial score (nSPS) is 18.4. The number of amides is 1. The molecule has 4 heteroatoms. The van der Waals surface area contributed by atoms with Crippen molar-refractivity contribution in [1.29, 1.82) is 0 Å². The second-order valence-electron chi connectivity index (χ2n) is 7.37. The number of fused-ring (bicyclic) bond motifs is 2. The number of hydrogen-bond acceptors (Lipinski definition) is 3. The number of piperidine rings is 1. The number of para-hydroxylation sites is 1. The van der Waals surface area contributed by atoms with E-state index in [0.717, 1.165) is 67.6 Å². The van der Waals surface area contributed by atoms with Gasteiger partial charge in [-0.3, -0.25) is 9.78 Å². The number of pyridine rings is 1. The number of nitrogens with one attached hydrogen (secondary N) is 1. The summed E-state index contributed by atoms with van der Waals surface area (Å²) in [6.07, 6.45) is 5.45. The summed E-state index contributed by atoms with van der Waals surface area (Å²) in [6.45, 7) is 6.46. The molecule has 25 heavy (non-hydrogen) atoms. The number of rotatable bonds is 4. The van der Waals surface area contributed by atoms with Crippen LogP contribution in [-0.2, 0) is 12.8 Å². The van der Waals surface area contributed by atoms with Gasteiger partial charge in [-0.2, -0.15) is 0 Å². The molecule has 1 aromatic carbocycles. The van der Waals surface area contributed by atoms with Crippen LogP contribution in [0.2, 0.25) is 0 Å². The van der Waals surface area contributed by atoms with Crippen LogP contribution in [0.25, 0.3) is 10.9 Å². The quantitative estimate of drug-likeness (QED) is 0.932. The van der Waals surface area contributed by atoms with Crippen LogP contribution in [0.15, 0.2) is 24.3 Å². The van der Waals surface area contributed by atoms with E-state index in [0.29, 0.717) is 5.92 Å². The molecule has 132 valence electrons. The minimum atomic E-state index is 0.0923. The average molecular weight is 337 g/mol. The summed E-state index contributed by atoms with van der Waals surface area (Å²) in [5.74, 6) is 0.697. The van der Waals surface area contributed by atoms with Crippen LogP contribution in [0.3, 0.4) is 0 Å². The first-order valence-electron chi connectivity index (χ1n) is 9.67. The highest BCUT2D eigenvalue weighted by Crippen LogP contribution is 2.30. The highest BCUT2D eigenvalue weighted by molar-refractivity contribution is 6.07. The van der Waals surface area contributed by atoms with E-state index in [-0.39, 0.29) is 5.91 Å². The topological polar surface area (TPSA) is 45.2 Å². The highest BCUT2D eigenvalue weighted by Gasteiger charge is 2.24. The molecule has 1 amide bonds. The zero-order chi connectivity index (χ0) is 17.2. The Labute approximate surface area is 149 Å². The number of hydrogen-bond donors (Lipinski definition) is 1. The molecule has 1 fully saturated rings. The SMILES string of the molecule is CCN1CCC(CNC(=O)c2c3c(nc4ccccc24)CCC3)CC1. The summed E-state index contributed by atoms with van der Waals surface area (Å²) in [4.78, 5) is 20.3. The van der Waals surface area contributed by atoms with Crippen LogP contribution in [0.4, 0.5) is 0 Å². The Kier molecular flexibility index (Phi) is 4.71. The molecule has 2 heterocycles. The second kappa shape index (κ2) is 7.12. The molecule has 2 aliphatic rings. The summed E-state index contributed by atoms with van der Waals surface area (Å²) >= 11 is 0. The Morgan fingerprint density at radius 1 is 1.24 bits per heavy atom. The maximum absolute atomic E-state index is 13.0. The van der Waals surface area contributed by atoms with Gasteiger partial charge in [0.2, 0.25) is 0 Å². The lowest BCUT2D eigenvalue weighted by atomic mass is 9.96. The Balaban J connectivity index is 1.52. The van der Waals surface area contributed by atoms with Gasteiger partial charge < -0.3 is 10.2 Å². The molecule has 1 aliphatic carbocycles. The number of benzene rings is 1. The zero-order valence-electron chi connectivity index (χ0n) is 15.1. The molecule has 0 bridgehead atoms. The lowest BCUT2D eigenvalue weighted by molar-refractivity contribution is 0.0937. The molecule has 0 atom stereocenters. The number of carbonyl (C=O) groups is 1. The molecule has 1 N–H and O–H groups in total. The molecule has 0 radical (unpaired) electrons. The molecule has 4 nitrogen and oxygen atoms in total. The van der Waals surface area contributed by atoms with E-state index < -0.39 is 0 Å². The molecule has 1 saturated heterocycles. The first-order valence-corrected chi connectivity index (χ1v) is 9.67. The number of aryl methyl sites for hydroxylation is 1. The van der Waals surface area contributed by atoms with Crippen molar-refractivity contribution in [1.82, 2.24) is 15.2 Å². The van der Waals surface area contributed by atoms with Crippen LogP contribution in [-0.4, -0.2) is 42.0 Å². The molecule has 4 rings (SSSR count). The van der Waals surface area contributed by atoms with Crippen LogP contribution < -0.4 is 5.32 Å². The molecule has 0 unspecified atom stereocenters. The van der Waals surface area contributed by atoms with Crippen molar-refractivity contribution in [2.45, 2.75) is 39.0 Å². The largest absolute Gasteiger partial charge is 0.352 e. The fourth-order valence-electron chi connectivity index (χ4n) is 4.30. The van der Waals surface area contributed by atoms with Crippen molar-refractivity contribution in [3.8, 4) is 0 Å². The first kappa shape index (κ1) is 16.5. The van der Waals surface area contributed by atoms with E-state index in [1.807, 2.05) is 24.3 Å². The lowest BCUT2D eigenvalue weighted by Crippen LogP contribution is -2.38. The molecule has 0 saturated carbocycles. The van der Waals surface area contributed by atoms with Gasteiger partial charge in [-0.05, 0) is 69.3 Å². The monoisotopic (exact) mass is 337 g/mol. The fraction of sp³-hybridized carbons (Fsp3) is 0.524. The fourth-order valence-corrected chi connectivity index (χ4v) is 4.30. The van der Waals surface area contributed by atoms with Crippen molar-refractivity contribution < 1.29 is 4.79 Å². The van der Waals surface area contributed by atoms with Gasteiger partial charge in [-0.25, -0.2) is 0 Å². The summed E-state index contributed by atoms with van der Waals surface area (Å²) < 4.78 is 0. The van der Waals surface area contributed by atoms with Gasteiger partial charge in [0.25, 0.3) is 5.91 Å². The molecular formula is C21H27N3O. The number of aromatic nitrogens is 1. The van der Waals surface area contributed by atoms with Crippen molar-refractivity contribution in [3.05, 3.63) is 41.1 Å². The number of nitrogens with zero attached hydrogens (tertiary/aromatic N) is 2. The number of likely N-dealkylation sites (tertiary alicyclic amines) is 1. The van der Waals surface area contributed by atoms with Crippen LogP contribution >= 0.6 is 0 Å². The van der Waals surface area contributed by atoms with Crippen molar-refractivity contribution >= 4 is 16.8 Å². The van der Waals surface area contributed by atoms with Crippen LogP contribution in [0.5, 0.6) is 0 Å². The van der Waals surface area contributed by atoms with E-state index in [4.69, 9.17) is 4.98 Å². The maximum atomic E-state index is 13.0. The third-order valence-electron chi connectivity index (χ3n) is 5.85. The van der Waals surface area contributed by atoms with Crippen molar-refractivity contribution in [2.24, 2.45) is 5.92 Å². The van der Waals surface area contributed by atoms with E-state index >= 15 is 0 Å². The molecular weight excluding hydrogens is 310 g/mol. The standard InChI is InChI=1S/C21H27N3O/c1-2-24-12-10-15(11-13-24)14-22-21(25)20-16-6-3-4-8-18(16)23-19-9-5-7-17(19)20/h3-4,6,8,15H,2,5,7,9-14H2,1H3,(H,22,25). The average Bonchev–Trinajstić information content (AvgIpc) is 3.12. The predicted molar refractivity (Wildman–Crippen MR) is 101 cm³/mol. The number of carbonyl (C=O) groups excluding carboxylic acids is 1. The second-order valence-corrected chi connectivity index (χ2v) is 7.37. The van der Waals surface area contributed by atoms with Crippen molar-refractivity contribution in [3.63, 3.8) is 0 Å². The molecule has 2 aromatic rings. The minimum absolute atomic E-state index is 0.0923. The zero-order valence-corrected chi connectivity index (χ0v) is 15.1. The molecule has 1 aliphatic heterocycles. The first-order chi connectivity index (χ1) is 12.3. The van der Waals surface area contributed by atoms with Gasteiger partial charge in [-0.15, -0.1) is 0 Å².